The predicted molar refractivity (Wildman–Crippen MR) is 114 cm³/mol. The lowest BCUT2D eigenvalue weighted by Crippen LogP contribution is -2.35. The topological polar surface area (TPSA) is 71.1 Å². The Morgan fingerprint density at radius 2 is 1.64 bits per heavy atom. The molecule has 1 aliphatic carbocycles. The van der Waals surface area contributed by atoms with Crippen molar-refractivity contribution in [3.8, 4) is 0 Å². The van der Waals surface area contributed by atoms with Crippen molar-refractivity contribution in [1.82, 2.24) is 4.98 Å². The lowest BCUT2D eigenvalue weighted by Gasteiger charge is -2.26. The molecule has 0 radical (unpaired) electrons. The first-order chi connectivity index (χ1) is 13.5. The SMILES string of the molecule is CC(=O)Nc1ccc(NC(=O)C2(Cc3nc4ccccc4s3)CCCC2)cc1. The van der Waals surface area contributed by atoms with Gasteiger partial charge in [-0.15, -0.1) is 11.3 Å². The van der Waals surface area contributed by atoms with Crippen molar-refractivity contribution in [3.63, 3.8) is 0 Å². The van der Waals surface area contributed by atoms with Crippen LogP contribution in [0.2, 0.25) is 0 Å². The summed E-state index contributed by atoms with van der Waals surface area (Å²) in [5.74, 6) is -0.0472. The first kappa shape index (κ1) is 18.6. The molecule has 1 heterocycles. The Labute approximate surface area is 168 Å². The van der Waals surface area contributed by atoms with Crippen LogP contribution in [0.1, 0.15) is 37.6 Å². The molecule has 1 fully saturated rings. The standard InChI is InChI=1S/C22H23N3O2S/c1-15(26)23-16-8-10-17(11-9-16)24-21(27)22(12-4-5-13-22)14-20-25-18-6-2-3-7-19(18)28-20/h2-3,6-11H,4-5,12-14H2,1H3,(H,23,26)(H,24,27). The van der Waals surface area contributed by atoms with Crippen molar-refractivity contribution in [2.45, 2.75) is 39.0 Å². The molecule has 0 bridgehead atoms. The average molecular weight is 394 g/mol. The third kappa shape index (κ3) is 3.92. The number of benzene rings is 2. The highest BCUT2D eigenvalue weighted by molar-refractivity contribution is 7.18. The number of thiazole rings is 1. The number of carbonyl (C=O) groups is 2. The molecule has 5 nitrogen and oxygen atoms in total. The molecule has 2 aromatic carbocycles. The lowest BCUT2D eigenvalue weighted by atomic mass is 9.81. The second-order valence-electron chi connectivity index (χ2n) is 7.45. The van der Waals surface area contributed by atoms with Crippen LogP contribution >= 0.6 is 11.3 Å². The Hall–Kier alpha value is -2.73. The Morgan fingerprint density at radius 1 is 1.00 bits per heavy atom. The normalized spacial score (nSPS) is 15.5. The number of carbonyl (C=O) groups excluding carboxylic acids is 2. The first-order valence-corrected chi connectivity index (χ1v) is 10.4. The summed E-state index contributed by atoms with van der Waals surface area (Å²) in [7, 11) is 0. The number of anilines is 2. The molecule has 6 heteroatoms. The monoisotopic (exact) mass is 393 g/mol. The zero-order valence-corrected chi connectivity index (χ0v) is 16.6. The molecule has 4 rings (SSSR count). The third-order valence-electron chi connectivity index (χ3n) is 5.33. The van der Waals surface area contributed by atoms with Gasteiger partial charge in [0.25, 0.3) is 0 Å². The van der Waals surface area contributed by atoms with E-state index in [0.29, 0.717) is 6.42 Å². The van der Waals surface area contributed by atoms with E-state index in [9.17, 15) is 9.59 Å². The van der Waals surface area contributed by atoms with Crippen molar-refractivity contribution < 1.29 is 9.59 Å². The van der Waals surface area contributed by atoms with Gasteiger partial charge < -0.3 is 10.6 Å². The van der Waals surface area contributed by atoms with Crippen LogP contribution < -0.4 is 10.6 Å². The molecular formula is C22H23N3O2S. The lowest BCUT2D eigenvalue weighted by molar-refractivity contribution is -0.125. The van der Waals surface area contributed by atoms with Crippen molar-refractivity contribution in [2.75, 3.05) is 10.6 Å². The first-order valence-electron chi connectivity index (χ1n) is 9.58. The molecular weight excluding hydrogens is 370 g/mol. The van der Waals surface area contributed by atoms with E-state index >= 15 is 0 Å². The van der Waals surface area contributed by atoms with Gasteiger partial charge in [0.1, 0.15) is 0 Å². The van der Waals surface area contributed by atoms with Crippen LogP contribution in [0.4, 0.5) is 11.4 Å². The van der Waals surface area contributed by atoms with Gasteiger partial charge in [0.05, 0.1) is 20.6 Å². The largest absolute Gasteiger partial charge is 0.326 e. The van der Waals surface area contributed by atoms with E-state index in [4.69, 9.17) is 4.98 Å². The molecule has 0 atom stereocenters. The van der Waals surface area contributed by atoms with E-state index in [2.05, 4.69) is 16.7 Å². The second-order valence-corrected chi connectivity index (χ2v) is 8.57. The zero-order valence-electron chi connectivity index (χ0n) is 15.8. The molecule has 0 aliphatic heterocycles. The van der Waals surface area contributed by atoms with Crippen molar-refractivity contribution in [2.24, 2.45) is 5.41 Å². The number of para-hydroxylation sites is 1. The van der Waals surface area contributed by atoms with Gasteiger partial charge in [0, 0.05) is 24.7 Å². The summed E-state index contributed by atoms with van der Waals surface area (Å²) in [6, 6.07) is 15.4. The summed E-state index contributed by atoms with van der Waals surface area (Å²) >= 11 is 1.68. The maximum atomic E-state index is 13.2. The summed E-state index contributed by atoms with van der Waals surface area (Å²) in [4.78, 5) is 29.1. The third-order valence-corrected chi connectivity index (χ3v) is 6.37. The van der Waals surface area contributed by atoms with Crippen LogP contribution in [0.3, 0.4) is 0 Å². The van der Waals surface area contributed by atoms with E-state index in [1.165, 1.54) is 11.6 Å². The van der Waals surface area contributed by atoms with Crippen molar-refractivity contribution in [3.05, 3.63) is 53.5 Å². The smallest absolute Gasteiger partial charge is 0.231 e. The Balaban J connectivity index is 1.51. The fourth-order valence-corrected chi connectivity index (χ4v) is 5.04. The maximum absolute atomic E-state index is 13.2. The van der Waals surface area contributed by atoms with E-state index in [-0.39, 0.29) is 11.8 Å². The van der Waals surface area contributed by atoms with Crippen LogP contribution in [-0.2, 0) is 16.0 Å². The highest BCUT2D eigenvalue weighted by Gasteiger charge is 2.42. The number of hydrogen-bond acceptors (Lipinski definition) is 4. The molecule has 0 spiro atoms. The average Bonchev–Trinajstić information content (AvgIpc) is 3.30. The number of rotatable bonds is 5. The Bertz CT molecular complexity index is 971. The molecule has 0 unspecified atom stereocenters. The molecule has 144 valence electrons. The van der Waals surface area contributed by atoms with Gasteiger partial charge in [-0.1, -0.05) is 25.0 Å². The molecule has 2 N–H and O–H groups in total. The Morgan fingerprint density at radius 3 is 2.29 bits per heavy atom. The van der Waals surface area contributed by atoms with Crippen LogP contribution in [0.15, 0.2) is 48.5 Å². The van der Waals surface area contributed by atoms with Gasteiger partial charge in [-0.2, -0.15) is 0 Å². The van der Waals surface area contributed by atoms with Gasteiger partial charge in [0.2, 0.25) is 11.8 Å². The molecule has 1 aliphatic rings. The summed E-state index contributed by atoms with van der Waals surface area (Å²) in [6.45, 7) is 1.47. The summed E-state index contributed by atoms with van der Waals surface area (Å²) < 4.78 is 1.17. The van der Waals surface area contributed by atoms with Crippen molar-refractivity contribution in [1.29, 1.82) is 0 Å². The molecule has 3 aromatic rings. The predicted octanol–water partition coefficient (Wildman–Crippen LogP) is 5.00. The molecule has 2 amide bonds. The van der Waals surface area contributed by atoms with E-state index < -0.39 is 5.41 Å². The molecule has 28 heavy (non-hydrogen) atoms. The molecule has 1 aromatic heterocycles. The van der Waals surface area contributed by atoms with Gasteiger partial charge in [-0.05, 0) is 49.2 Å². The van der Waals surface area contributed by atoms with Crippen molar-refractivity contribution >= 4 is 44.7 Å². The highest BCUT2D eigenvalue weighted by Crippen LogP contribution is 2.43. The minimum Gasteiger partial charge on any atom is -0.326 e. The van der Waals surface area contributed by atoms with Gasteiger partial charge in [-0.25, -0.2) is 4.98 Å². The number of nitrogens with zero attached hydrogens (tertiary/aromatic N) is 1. The van der Waals surface area contributed by atoms with Crippen LogP contribution in [0.25, 0.3) is 10.2 Å². The van der Waals surface area contributed by atoms with E-state index in [1.54, 1.807) is 23.5 Å². The fourth-order valence-electron chi connectivity index (χ4n) is 3.92. The van der Waals surface area contributed by atoms with Gasteiger partial charge >= 0.3 is 0 Å². The Kier molecular flexibility index (Phi) is 5.13. The number of amides is 2. The number of aromatic nitrogens is 1. The quantitative estimate of drug-likeness (QED) is 0.641. The zero-order chi connectivity index (χ0) is 19.6. The highest BCUT2D eigenvalue weighted by atomic mass is 32.1. The number of fused-ring (bicyclic) bond motifs is 1. The van der Waals surface area contributed by atoms with E-state index in [0.717, 1.165) is 47.6 Å². The summed E-state index contributed by atoms with van der Waals surface area (Å²) in [6.07, 6.45) is 4.60. The summed E-state index contributed by atoms with van der Waals surface area (Å²) in [5.41, 5.74) is 2.07. The van der Waals surface area contributed by atoms with Crippen LogP contribution in [0, 0.1) is 5.41 Å². The van der Waals surface area contributed by atoms with Crippen LogP contribution in [0.5, 0.6) is 0 Å². The fraction of sp³-hybridized carbons (Fsp3) is 0.318. The van der Waals surface area contributed by atoms with E-state index in [1.807, 2.05) is 30.3 Å². The molecule has 0 saturated heterocycles. The number of hydrogen-bond donors (Lipinski definition) is 2. The maximum Gasteiger partial charge on any atom is 0.231 e. The number of nitrogens with one attached hydrogen (secondary N) is 2. The minimum atomic E-state index is -0.399. The van der Waals surface area contributed by atoms with Gasteiger partial charge in [-0.3, -0.25) is 9.59 Å². The summed E-state index contributed by atoms with van der Waals surface area (Å²) in [5, 5.41) is 6.85. The van der Waals surface area contributed by atoms with Crippen LogP contribution in [-0.4, -0.2) is 16.8 Å². The minimum absolute atomic E-state index is 0.0662. The van der Waals surface area contributed by atoms with Gasteiger partial charge in [0.15, 0.2) is 0 Å². The second kappa shape index (κ2) is 7.72. The molecule has 1 saturated carbocycles.